The lowest BCUT2D eigenvalue weighted by Gasteiger charge is -2.19. The smallest absolute Gasteiger partial charge is 0.123 e. The van der Waals surface area contributed by atoms with E-state index in [4.69, 9.17) is 0 Å². The first kappa shape index (κ1) is 11.7. The standard InChI is InChI=1S/C12H17FN2/c1-3-8-14-9-10-15(2)12-6-4-11(13)5-7-12/h3-7,14H,1,8-10H2,2H3. The Morgan fingerprint density at radius 1 is 1.40 bits per heavy atom. The molecule has 1 aromatic rings. The summed E-state index contributed by atoms with van der Waals surface area (Å²) in [6, 6.07) is 6.51. The molecule has 0 aliphatic carbocycles. The van der Waals surface area contributed by atoms with Crippen LogP contribution in [0.1, 0.15) is 0 Å². The zero-order valence-electron chi connectivity index (χ0n) is 9.04. The van der Waals surface area contributed by atoms with Crippen LogP contribution in [0.2, 0.25) is 0 Å². The van der Waals surface area contributed by atoms with E-state index in [2.05, 4.69) is 16.8 Å². The predicted octanol–water partition coefficient (Wildman–Crippen LogP) is 2.04. The van der Waals surface area contributed by atoms with Crippen LogP contribution in [0.3, 0.4) is 0 Å². The van der Waals surface area contributed by atoms with Gasteiger partial charge in [-0.2, -0.15) is 0 Å². The number of nitrogens with one attached hydrogen (secondary N) is 1. The number of anilines is 1. The first-order valence-electron chi connectivity index (χ1n) is 5.02. The molecule has 1 N–H and O–H groups in total. The van der Waals surface area contributed by atoms with Crippen molar-refractivity contribution in [2.24, 2.45) is 0 Å². The molecule has 0 spiro atoms. The first-order chi connectivity index (χ1) is 7.24. The maximum atomic E-state index is 12.7. The van der Waals surface area contributed by atoms with Gasteiger partial charge in [0.2, 0.25) is 0 Å². The number of rotatable bonds is 6. The number of halogens is 1. The maximum absolute atomic E-state index is 12.7. The molecule has 3 heteroatoms. The van der Waals surface area contributed by atoms with Gasteiger partial charge in [-0.3, -0.25) is 0 Å². The topological polar surface area (TPSA) is 15.3 Å². The van der Waals surface area contributed by atoms with Crippen molar-refractivity contribution >= 4 is 5.69 Å². The molecule has 0 amide bonds. The highest BCUT2D eigenvalue weighted by Gasteiger charge is 1.99. The van der Waals surface area contributed by atoms with Gasteiger partial charge >= 0.3 is 0 Å². The second-order valence-electron chi connectivity index (χ2n) is 3.39. The summed E-state index contributed by atoms with van der Waals surface area (Å²) in [4.78, 5) is 2.08. The molecule has 0 aliphatic heterocycles. The minimum absolute atomic E-state index is 0.197. The summed E-state index contributed by atoms with van der Waals surface area (Å²) in [6.45, 7) is 6.22. The largest absolute Gasteiger partial charge is 0.373 e. The van der Waals surface area contributed by atoms with Gasteiger partial charge in [0.25, 0.3) is 0 Å². The van der Waals surface area contributed by atoms with Gasteiger partial charge < -0.3 is 10.2 Å². The van der Waals surface area contributed by atoms with Gasteiger partial charge in [-0.1, -0.05) is 6.08 Å². The Morgan fingerprint density at radius 2 is 2.07 bits per heavy atom. The van der Waals surface area contributed by atoms with E-state index in [1.54, 1.807) is 12.1 Å². The molecule has 0 aromatic heterocycles. The molecule has 0 saturated carbocycles. The van der Waals surface area contributed by atoms with Crippen LogP contribution in [0.5, 0.6) is 0 Å². The zero-order valence-corrected chi connectivity index (χ0v) is 9.04. The van der Waals surface area contributed by atoms with E-state index in [0.29, 0.717) is 0 Å². The van der Waals surface area contributed by atoms with Gasteiger partial charge in [-0.15, -0.1) is 6.58 Å². The second-order valence-corrected chi connectivity index (χ2v) is 3.39. The van der Waals surface area contributed by atoms with Gasteiger partial charge in [-0.25, -0.2) is 4.39 Å². The number of nitrogens with zero attached hydrogens (tertiary/aromatic N) is 1. The van der Waals surface area contributed by atoms with Crippen molar-refractivity contribution in [2.45, 2.75) is 0 Å². The summed E-state index contributed by atoms with van der Waals surface area (Å²) in [7, 11) is 1.99. The van der Waals surface area contributed by atoms with E-state index in [1.807, 2.05) is 13.1 Å². The van der Waals surface area contributed by atoms with Gasteiger partial charge in [0.05, 0.1) is 0 Å². The molecule has 0 fully saturated rings. The van der Waals surface area contributed by atoms with Gasteiger partial charge in [-0.05, 0) is 24.3 Å². The van der Waals surface area contributed by atoms with Crippen molar-refractivity contribution in [3.8, 4) is 0 Å². The highest BCUT2D eigenvalue weighted by atomic mass is 19.1. The third-order valence-electron chi connectivity index (χ3n) is 2.18. The molecule has 0 unspecified atom stereocenters. The molecule has 1 aromatic carbocycles. The van der Waals surface area contributed by atoms with Crippen LogP contribution in [0.15, 0.2) is 36.9 Å². The minimum atomic E-state index is -0.197. The highest BCUT2D eigenvalue weighted by Crippen LogP contribution is 2.11. The van der Waals surface area contributed by atoms with Gasteiger partial charge in [0.15, 0.2) is 0 Å². The third kappa shape index (κ3) is 4.13. The molecule has 0 atom stereocenters. The van der Waals surface area contributed by atoms with E-state index in [-0.39, 0.29) is 5.82 Å². The third-order valence-corrected chi connectivity index (χ3v) is 2.18. The zero-order chi connectivity index (χ0) is 11.1. The summed E-state index contributed by atoms with van der Waals surface area (Å²) >= 11 is 0. The van der Waals surface area contributed by atoms with E-state index >= 15 is 0 Å². The molecule has 0 radical (unpaired) electrons. The lowest BCUT2D eigenvalue weighted by atomic mass is 10.3. The molecule has 0 bridgehead atoms. The molecule has 0 heterocycles. The van der Waals surface area contributed by atoms with Crippen molar-refractivity contribution in [3.05, 3.63) is 42.7 Å². The monoisotopic (exact) mass is 208 g/mol. The van der Waals surface area contributed by atoms with Crippen molar-refractivity contribution in [3.63, 3.8) is 0 Å². The number of hydrogen-bond donors (Lipinski definition) is 1. The van der Waals surface area contributed by atoms with Crippen LogP contribution in [0, 0.1) is 5.82 Å². The average molecular weight is 208 g/mol. The van der Waals surface area contributed by atoms with Crippen molar-refractivity contribution < 1.29 is 4.39 Å². The van der Waals surface area contributed by atoms with E-state index in [1.165, 1.54) is 12.1 Å². The summed E-state index contributed by atoms with van der Waals surface area (Å²) in [5.74, 6) is -0.197. The lowest BCUT2D eigenvalue weighted by molar-refractivity contribution is 0.627. The van der Waals surface area contributed by atoms with Gasteiger partial charge in [0, 0.05) is 32.4 Å². The Balaban J connectivity index is 2.36. The molecular weight excluding hydrogens is 191 g/mol. The predicted molar refractivity (Wildman–Crippen MR) is 62.7 cm³/mol. The fourth-order valence-corrected chi connectivity index (χ4v) is 1.28. The normalized spacial score (nSPS) is 10.0. The van der Waals surface area contributed by atoms with Crippen LogP contribution in [0.25, 0.3) is 0 Å². The first-order valence-corrected chi connectivity index (χ1v) is 5.02. The quantitative estimate of drug-likeness (QED) is 0.568. The summed E-state index contributed by atoms with van der Waals surface area (Å²) in [5.41, 5.74) is 1.02. The van der Waals surface area contributed by atoms with Crippen LogP contribution in [0.4, 0.5) is 10.1 Å². The van der Waals surface area contributed by atoms with Crippen LogP contribution >= 0.6 is 0 Å². The Bertz CT molecular complexity index is 295. The minimum Gasteiger partial charge on any atom is -0.373 e. The fourth-order valence-electron chi connectivity index (χ4n) is 1.28. The number of hydrogen-bond acceptors (Lipinski definition) is 2. The summed E-state index contributed by atoms with van der Waals surface area (Å²) in [6.07, 6.45) is 1.83. The molecule has 2 nitrogen and oxygen atoms in total. The van der Waals surface area contributed by atoms with Gasteiger partial charge in [0.1, 0.15) is 5.82 Å². The average Bonchev–Trinajstić information content (AvgIpc) is 2.25. The van der Waals surface area contributed by atoms with Crippen molar-refractivity contribution in [2.75, 3.05) is 31.6 Å². The van der Waals surface area contributed by atoms with E-state index in [9.17, 15) is 4.39 Å². The fraction of sp³-hybridized carbons (Fsp3) is 0.333. The summed E-state index contributed by atoms with van der Waals surface area (Å²) < 4.78 is 12.7. The number of benzene rings is 1. The number of likely N-dealkylation sites (N-methyl/N-ethyl adjacent to an activating group) is 1. The molecular formula is C12H17FN2. The van der Waals surface area contributed by atoms with Crippen LogP contribution in [-0.2, 0) is 0 Å². The van der Waals surface area contributed by atoms with E-state index < -0.39 is 0 Å². The molecule has 82 valence electrons. The molecule has 15 heavy (non-hydrogen) atoms. The molecule has 0 aliphatic rings. The SMILES string of the molecule is C=CCNCCN(C)c1ccc(F)cc1. The van der Waals surface area contributed by atoms with Crippen molar-refractivity contribution in [1.29, 1.82) is 0 Å². The maximum Gasteiger partial charge on any atom is 0.123 e. The second kappa shape index (κ2) is 6.19. The highest BCUT2D eigenvalue weighted by molar-refractivity contribution is 5.45. The van der Waals surface area contributed by atoms with E-state index in [0.717, 1.165) is 25.3 Å². The van der Waals surface area contributed by atoms with Crippen molar-refractivity contribution in [1.82, 2.24) is 5.32 Å². The lowest BCUT2D eigenvalue weighted by Crippen LogP contribution is -2.29. The summed E-state index contributed by atoms with van der Waals surface area (Å²) in [5, 5.41) is 3.21. The molecule has 1 rings (SSSR count). The van der Waals surface area contributed by atoms with Crippen LogP contribution in [-0.4, -0.2) is 26.7 Å². The van der Waals surface area contributed by atoms with Crippen LogP contribution < -0.4 is 10.2 Å². The Morgan fingerprint density at radius 3 is 2.67 bits per heavy atom. The Kier molecular flexibility index (Phi) is 4.84. The Hall–Kier alpha value is -1.35. The Labute approximate surface area is 90.4 Å². The molecule has 0 saturated heterocycles.